The van der Waals surface area contributed by atoms with E-state index in [4.69, 9.17) is 11.6 Å². The lowest BCUT2D eigenvalue weighted by atomic mass is 10.2. The number of halogens is 6. The lowest BCUT2D eigenvalue weighted by Gasteiger charge is -2.16. The quantitative estimate of drug-likeness (QED) is 0.626. The third-order valence-corrected chi connectivity index (χ3v) is 2.07. The minimum Gasteiger partial charge on any atom is -0.493 e. The summed E-state index contributed by atoms with van der Waals surface area (Å²) >= 11 is 5.36. The molecule has 0 unspecified atom stereocenters. The van der Waals surface area contributed by atoms with Gasteiger partial charge in [0.25, 0.3) is 6.43 Å². The van der Waals surface area contributed by atoms with Gasteiger partial charge < -0.3 is 9.47 Å². The Labute approximate surface area is 103 Å². The van der Waals surface area contributed by atoms with Gasteiger partial charge in [-0.3, -0.25) is 0 Å². The van der Waals surface area contributed by atoms with Crippen molar-refractivity contribution >= 4 is 11.6 Å². The van der Waals surface area contributed by atoms with E-state index < -0.39 is 41.6 Å². The first kappa shape index (κ1) is 14.7. The maximum absolute atomic E-state index is 12.4. The first-order chi connectivity index (χ1) is 8.28. The summed E-state index contributed by atoms with van der Waals surface area (Å²) in [7, 11) is 1.02. The molecule has 0 aliphatic carbocycles. The van der Waals surface area contributed by atoms with Gasteiger partial charge in [0.15, 0.2) is 11.5 Å². The number of methoxy groups -OCH3 is 1. The molecule has 0 fully saturated rings. The zero-order valence-corrected chi connectivity index (χ0v) is 9.65. The summed E-state index contributed by atoms with van der Waals surface area (Å²) in [5.41, 5.74) is -1.21. The SMILES string of the molecule is COc1cc(C(F)F)nc(CCl)c1OC(F)(F)F. The van der Waals surface area contributed by atoms with Crippen molar-refractivity contribution in [3.63, 3.8) is 0 Å². The lowest BCUT2D eigenvalue weighted by molar-refractivity contribution is -0.275. The third kappa shape index (κ3) is 3.59. The molecule has 0 aromatic carbocycles. The number of pyridine rings is 1. The van der Waals surface area contributed by atoms with Gasteiger partial charge in [0.05, 0.1) is 13.0 Å². The van der Waals surface area contributed by atoms with Crippen molar-refractivity contribution in [1.82, 2.24) is 4.98 Å². The average molecular weight is 292 g/mol. The van der Waals surface area contributed by atoms with E-state index in [0.717, 1.165) is 7.11 Å². The highest BCUT2D eigenvalue weighted by molar-refractivity contribution is 6.17. The third-order valence-electron chi connectivity index (χ3n) is 1.82. The van der Waals surface area contributed by atoms with Gasteiger partial charge in [-0.2, -0.15) is 0 Å². The number of nitrogens with zero attached hydrogens (tertiary/aromatic N) is 1. The molecule has 1 aromatic rings. The molecule has 0 amide bonds. The Balaban J connectivity index is 3.30. The zero-order chi connectivity index (χ0) is 13.9. The van der Waals surface area contributed by atoms with Gasteiger partial charge in [-0.15, -0.1) is 24.8 Å². The highest BCUT2D eigenvalue weighted by Crippen LogP contribution is 2.37. The van der Waals surface area contributed by atoms with Gasteiger partial charge in [-0.25, -0.2) is 13.8 Å². The Morgan fingerprint density at radius 2 is 2.00 bits per heavy atom. The predicted octanol–water partition coefficient (Wildman–Crippen LogP) is 3.67. The van der Waals surface area contributed by atoms with Crippen LogP contribution < -0.4 is 9.47 Å². The molecule has 1 aromatic heterocycles. The van der Waals surface area contributed by atoms with E-state index in [0.29, 0.717) is 6.07 Å². The van der Waals surface area contributed by atoms with E-state index in [1.54, 1.807) is 0 Å². The van der Waals surface area contributed by atoms with Crippen LogP contribution in [0.4, 0.5) is 22.0 Å². The molecule has 1 rings (SSSR count). The average Bonchev–Trinajstić information content (AvgIpc) is 2.26. The summed E-state index contributed by atoms with van der Waals surface area (Å²) in [4.78, 5) is 3.30. The van der Waals surface area contributed by atoms with Gasteiger partial charge in [0.2, 0.25) is 0 Å². The van der Waals surface area contributed by atoms with E-state index >= 15 is 0 Å². The molecule has 0 bridgehead atoms. The highest BCUT2D eigenvalue weighted by atomic mass is 35.5. The van der Waals surface area contributed by atoms with Crippen LogP contribution in [-0.4, -0.2) is 18.5 Å². The normalized spacial score (nSPS) is 11.8. The van der Waals surface area contributed by atoms with Crippen molar-refractivity contribution in [2.45, 2.75) is 18.7 Å². The minimum absolute atomic E-state index is 0.469. The molecular formula is C9H7ClF5NO2. The number of hydrogen-bond acceptors (Lipinski definition) is 3. The molecule has 0 saturated heterocycles. The molecule has 0 saturated carbocycles. The van der Waals surface area contributed by atoms with Crippen molar-refractivity contribution in [1.29, 1.82) is 0 Å². The largest absolute Gasteiger partial charge is 0.573 e. The van der Waals surface area contributed by atoms with Crippen LogP contribution in [0.1, 0.15) is 17.8 Å². The molecule has 0 aliphatic heterocycles. The second kappa shape index (κ2) is 5.55. The van der Waals surface area contributed by atoms with Crippen molar-refractivity contribution in [3.8, 4) is 11.5 Å². The molecule has 0 spiro atoms. The van der Waals surface area contributed by atoms with Crippen molar-refractivity contribution in [2.75, 3.05) is 7.11 Å². The van der Waals surface area contributed by atoms with Crippen LogP contribution in [0.25, 0.3) is 0 Å². The number of rotatable bonds is 4. The molecule has 9 heteroatoms. The molecular weight excluding hydrogens is 285 g/mol. The summed E-state index contributed by atoms with van der Waals surface area (Å²) in [6, 6.07) is 0.668. The summed E-state index contributed by atoms with van der Waals surface area (Å²) in [6.45, 7) is 0. The topological polar surface area (TPSA) is 31.4 Å². The number of ether oxygens (including phenoxy) is 2. The Bertz CT molecular complexity index is 399. The molecule has 3 nitrogen and oxygen atoms in total. The molecule has 0 radical (unpaired) electrons. The second-order valence-corrected chi connectivity index (χ2v) is 3.27. The monoisotopic (exact) mass is 291 g/mol. The zero-order valence-electron chi connectivity index (χ0n) is 8.89. The highest BCUT2D eigenvalue weighted by Gasteiger charge is 2.34. The molecule has 1 heterocycles. The lowest BCUT2D eigenvalue weighted by Crippen LogP contribution is -2.19. The Morgan fingerprint density at radius 1 is 1.39 bits per heavy atom. The van der Waals surface area contributed by atoms with Crippen LogP contribution in [0.5, 0.6) is 11.5 Å². The predicted molar refractivity (Wildman–Crippen MR) is 52.0 cm³/mol. The molecule has 0 N–H and O–H groups in total. The van der Waals surface area contributed by atoms with Gasteiger partial charge in [0.1, 0.15) is 11.4 Å². The number of aromatic nitrogens is 1. The molecule has 0 atom stereocenters. The smallest absolute Gasteiger partial charge is 0.493 e. The Morgan fingerprint density at radius 3 is 2.39 bits per heavy atom. The fraction of sp³-hybridized carbons (Fsp3) is 0.444. The van der Waals surface area contributed by atoms with E-state index in [-0.39, 0.29) is 0 Å². The molecule has 102 valence electrons. The van der Waals surface area contributed by atoms with E-state index in [1.807, 2.05) is 0 Å². The summed E-state index contributed by atoms with van der Waals surface area (Å²) in [5, 5.41) is 0. The fourth-order valence-corrected chi connectivity index (χ4v) is 1.34. The van der Waals surface area contributed by atoms with Crippen LogP contribution in [-0.2, 0) is 5.88 Å². The standard InChI is InChI=1S/C9H7ClF5NO2/c1-17-6-2-4(8(11)12)16-5(3-10)7(6)18-9(13,14)15/h2,8H,3H2,1H3. The Kier molecular flexibility index (Phi) is 4.55. The van der Waals surface area contributed by atoms with Crippen molar-refractivity contribution < 1.29 is 31.4 Å². The van der Waals surface area contributed by atoms with Gasteiger partial charge >= 0.3 is 6.36 Å². The van der Waals surface area contributed by atoms with Crippen LogP contribution >= 0.6 is 11.6 Å². The molecule has 18 heavy (non-hydrogen) atoms. The van der Waals surface area contributed by atoms with Gasteiger partial charge in [0, 0.05) is 6.07 Å². The van der Waals surface area contributed by atoms with E-state index in [2.05, 4.69) is 14.5 Å². The number of hydrogen-bond donors (Lipinski definition) is 0. The van der Waals surface area contributed by atoms with Gasteiger partial charge in [-0.05, 0) is 0 Å². The molecule has 0 aliphatic rings. The van der Waals surface area contributed by atoms with E-state index in [1.165, 1.54) is 0 Å². The fourth-order valence-electron chi connectivity index (χ4n) is 1.16. The summed E-state index contributed by atoms with van der Waals surface area (Å²) in [5.74, 6) is -1.85. The maximum atomic E-state index is 12.4. The van der Waals surface area contributed by atoms with E-state index in [9.17, 15) is 22.0 Å². The van der Waals surface area contributed by atoms with Gasteiger partial charge in [-0.1, -0.05) is 0 Å². The van der Waals surface area contributed by atoms with Crippen LogP contribution in [0.15, 0.2) is 6.07 Å². The van der Waals surface area contributed by atoms with Crippen molar-refractivity contribution in [2.24, 2.45) is 0 Å². The Hall–Kier alpha value is -1.31. The summed E-state index contributed by atoms with van der Waals surface area (Å²) in [6.07, 6.45) is -7.96. The van der Waals surface area contributed by atoms with Crippen LogP contribution in [0, 0.1) is 0 Å². The number of alkyl halides is 6. The van der Waals surface area contributed by atoms with Crippen molar-refractivity contribution in [3.05, 3.63) is 17.5 Å². The second-order valence-electron chi connectivity index (χ2n) is 3.01. The summed E-state index contributed by atoms with van der Waals surface area (Å²) < 4.78 is 69.5. The minimum atomic E-state index is -5.00. The first-order valence-corrected chi connectivity index (χ1v) is 4.99. The first-order valence-electron chi connectivity index (χ1n) is 4.46. The maximum Gasteiger partial charge on any atom is 0.573 e. The van der Waals surface area contributed by atoms with Crippen LogP contribution in [0.3, 0.4) is 0 Å². The van der Waals surface area contributed by atoms with Crippen LogP contribution in [0.2, 0.25) is 0 Å².